The van der Waals surface area contributed by atoms with Gasteiger partial charge in [0.2, 0.25) is 5.95 Å². The molecule has 0 spiro atoms. The van der Waals surface area contributed by atoms with Gasteiger partial charge in [0, 0.05) is 32.0 Å². The van der Waals surface area contributed by atoms with E-state index in [1.54, 1.807) is 0 Å². The molecule has 0 bridgehead atoms. The van der Waals surface area contributed by atoms with Crippen molar-refractivity contribution in [1.29, 1.82) is 0 Å². The first kappa shape index (κ1) is 31.7. The van der Waals surface area contributed by atoms with Crippen molar-refractivity contribution in [2.24, 2.45) is 17.8 Å². The van der Waals surface area contributed by atoms with Crippen molar-refractivity contribution in [2.45, 2.75) is 91.1 Å². The Bertz CT molecular complexity index is 1190. The van der Waals surface area contributed by atoms with Gasteiger partial charge in [0.25, 0.3) is 0 Å². The Morgan fingerprint density at radius 1 is 1.12 bits per heavy atom. The Morgan fingerprint density at radius 3 is 2.64 bits per heavy atom. The molecule has 2 atom stereocenters. The van der Waals surface area contributed by atoms with E-state index in [1.165, 1.54) is 16.7 Å². The zero-order chi connectivity index (χ0) is 29.7. The zero-order valence-corrected chi connectivity index (χ0v) is 25.8. The highest BCUT2D eigenvalue weighted by molar-refractivity contribution is 5.69. The second-order valence-corrected chi connectivity index (χ2v) is 12.2. The fraction of sp³-hybridized carbons (Fsp3) is 0.571. The summed E-state index contributed by atoms with van der Waals surface area (Å²) >= 11 is 0. The summed E-state index contributed by atoms with van der Waals surface area (Å²) in [6.07, 6.45) is 13.6. The Kier molecular flexibility index (Phi) is 12.4. The average molecular weight is 575 g/mol. The largest absolute Gasteiger partial charge is 0.466 e. The molecule has 228 valence electrons. The Hall–Kier alpha value is -3.19. The summed E-state index contributed by atoms with van der Waals surface area (Å²) in [5.41, 5.74) is 5.11. The van der Waals surface area contributed by atoms with Crippen molar-refractivity contribution in [3.05, 3.63) is 71.0 Å². The standard InChI is InChI=1S/C35H50N4O3/c1-4-42-34(41)19-15-28-14-18-32(26(3)21-28)25(2)9-8-20-36-33-23-30(22-27-10-6-5-7-11-27)38-35(39-33)37-24-29-12-16-31(40)17-13-29/h5-7,10-11,14,18,23,25,28-29,31,40H,4,8-9,12-13,15-17,19-22,24H2,1-3H3,(H2,36,37,38,39). The molecule has 2 aliphatic carbocycles. The first-order valence-electron chi connectivity index (χ1n) is 16.0. The van der Waals surface area contributed by atoms with Crippen LogP contribution in [0, 0.1) is 17.8 Å². The average Bonchev–Trinajstić information content (AvgIpc) is 2.98. The lowest BCUT2D eigenvalue weighted by Gasteiger charge is -2.25. The molecule has 1 fully saturated rings. The van der Waals surface area contributed by atoms with Crippen LogP contribution in [0.5, 0.6) is 0 Å². The molecular formula is C35H50N4O3. The summed E-state index contributed by atoms with van der Waals surface area (Å²) in [5.74, 6) is 2.90. The summed E-state index contributed by atoms with van der Waals surface area (Å²) in [4.78, 5) is 21.4. The lowest BCUT2D eigenvalue weighted by molar-refractivity contribution is -0.143. The minimum Gasteiger partial charge on any atom is -0.466 e. The molecule has 7 heteroatoms. The summed E-state index contributed by atoms with van der Waals surface area (Å²) in [6.45, 7) is 8.55. The van der Waals surface area contributed by atoms with Crippen molar-refractivity contribution >= 4 is 17.7 Å². The molecule has 3 N–H and O–H groups in total. The lowest BCUT2D eigenvalue weighted by atomic mass is 9.82. The SMILES string of the molecule is CCOC(=O)CCC1C=CC(C(C)CCCNc2cc(Cc3ccccc3)nc(NCC3CCC(O)CC3)n2)=C(C)C1. The van der Waals surface area contributed by atoms with Crippen LogP contribution < -0.4 is 10.6 Å². The number of allylic oxidation sites excluding steroid dienone is 4. The fourth-order valence-electron chi connectivity index (χ4n) is 6.21. The van der Waals surface area contributed by atoms with Crippen molar-refractivity contribution < 1.29 is 14.6 Å². The molecule has 1 saturated carbocycles. The van der Waals surface area contributed by atoms with E-state index in [4.69, 9.17) is 14.7 Å². The van der Waals surface area contributed by atoms with Gasteiger partial charge >= 0.3 is 5.97 Å². The van der Waals surface area contributed by atoms with Gasteiger partial charge in [0.1, 0.15) is 5.82 Å². The number of rotatable bonds is 15. The second-order valence-electron chi connectivity index (χ2n) is 12.2. The molecule has 1 aromatic heterocycles. The van der Waals surface area contributed by atoms with Gasteiger partial charge in [-0.2, -0.15) is 4.98 Å². The van der Waals surface area contributed by atoms with Gasteiger partial charge in [-0.05, 0) is 94.1 Å². The predicted molar refractivity (Wildman–Crippen MR) is 170 cm³/mol. The summed E-state index contributed by atoms with van der Waals surface area (Å²) in [7, 11) is 0. The normalized spacial score (nSPS) is 21.2. The van der Waals surface area contributed by atoms with E-state index in [2.05, 4.69) is 67.0 Å². The molecule has 2 unspecified atom stereocenters. The maximum atomic E-state index is 11.7. The monoisotopic (exact) mass is 574 g/mol. The molecule has 42 heavy (non-hydrogen) atoms. The van der Waals surface area contributed by atoms with Crippen molar-refractivity contribution in [3.8, 4) is 0 Å². The predicted octanol–water partition coefficient (Wildman–Crippen LogP) is 7.09. The number of ether oxygens (including phenoxy) is 1. The molecule has 2 aliphatic rings. The minimum atomic E-state index is -0.140. The van der Waals surface area contributed by atoms with E-state index >= 15 is 0 Å². The fourth-order valence-corrected chi connectivity index (χ4v) is 6.21. The molecule has 4 rings (SSSR count). The van der Waals surface area contributed by atoms with E-state index in [0.717, 1.165) is 82.4 Å². The van der Waals surface area contributed by atoms with Crippen LogP contribution in [-0.4, -0.2) is 46.8 Å². The molecule has 1 aromatic carbocycles. The van der Waals surface area contributed by atoms with Gasteiger partial charge in [-0.25, -0.2) is 4.98 Å². The van der Waals surface area contributed by atoms with Crippen LogP contribution in [0.3, 0.4) is 0 Å². The first-order valence-corrected chi connectivity index (χ1v) is 16.0. The lowest BCUT2D eigenvalue weighted by Crippen LogP contribution is -2.24. The molecular weight excluding hydrogens is 524 g/mol. The van der Waals surface area contributed by atoms with E-state index in [9.17, 15) is 9.90 Å². The maximum absolute atomic E-state index is 11.7. The molecule has 0 radical (unpaired) electrons. The Labute approximate surface area is 252 Å². The highest BCUT2D eigenvalue weighted by atomic mass is 16.5. The van der Waals surface area contributed by atoms with Crippen LogP contribution in [0.4, 0.5) is 11.8 Å². The topological polar surface area (TPSA) is 96.4 Å². The van der Waals surface area contributed by atoms with Gasteiger partial charge in [-0.3, -0.25) is 4.79 Å². The molecule has 0 amide bonds. The number of esters is 1. The summed E-state index contributed by atoms with van der Waals surface area (Å²) in [6, 6.07) is 12.5. The smallest absolute Gasteiger partial charge is 0.305 e. The molecule has 0 saturated heterocycles. The van der Waals surface area contributed by atoms with Gasteiger partial charge in [0.05, 0.1) is 18.4 Å². The maximum Gasteiger partial charge on any atom is 0.305 e. The number of nitrogens with one attached hydrogen (secondary N) is 2. The third-order valence-corrected chi connectivity index (χ3v) is 8.66. The third-order valence-electron chi connectivity index (χ3n) is 8.66. The van der Waals surface area contributed by atoms with Gasteiger partial charge < -0.3 is 20.5 Å². The minimum absolute atomic E-state index is 0.0945. The Morgan fingerprint density at radius 2 is 1.90 bits per heavy atom. The number of aliphatic hydroxyl groups excluding tert-OH is 1. The van der Waals surface area contributed by atoms with Crippen LogP contribution in [0.15, 0.2) is 59.7 Å². The van der Waals surface area contributed by atoms with Crippen LogP contribution in [0.1, 0.15) is 89.8 Å². The highest BCUT2D eigenvalue weighted by Crippen LogP contribution is 2.32. The van der Waals surface area contributed by atoms with Gasteiger partial charge in [-0.1, -0.05) is 55.0 Å². The number of aliphatic hydroxyl groups is 1. The van der Waals surface area contributed by atoms with E-state index < -0.39 is 0 Å². The number of hydrogen-bond donors (Lipinski definition) is 3. The van der Waals surface area contributed by atoms with E-state index in [1.807, 2.05) is 13.0 Å². The number of hydrogen-bond acceptors (Lipinski definition) is 7. The number of anilines is 2. The van der Waals surface area contributed by atoms with Crippen LogP contribution in [0.25, 0.3) is 0 Å². The third kappa shape index (κ3) is 10.3. The zero-order valence-electron chi connectivity index (χ0n) is 25.8. The molecule has 7 nitrogen and oxygen atoms in total. The molecule has 0 aliphatic heterocycles. The number of carbonyl (C=O) groups excluding carboxylic acids is 1. The van der Waals surface area contributed by atoms with Crippen molar-refractivity contribution in [2.75, 3.05) is 30.3 Å². The van der Waals surface area contributed by atoms with Gasteiger partial charge in [0.15, 0.2) is 0 Å². The summed E-state index contributed by atoms with van der Waals surface area (Å²) < 4.78 is 5.09. The summed E-state index contributed by atoms with van der Waals surface area (Å²) in [5, 5.41) is 16.9. The van der Waals surface area contributed by atoms with Crippen LogP contribution in [-0.2, 0) is 16.0 Å². The number of benzene rings is 1. The molecule has 2 aromatic rings. The van der Waals surface area contributed by atoms with Crippen LogP contribution in [0.2, 0.25) is 0 Å². The highest BCUT2D eigenvalue weighted by Gasteiger charge is 2.20. The number of aromatic nitrogens is 2. The van der Waals surface area contributed by atoms with Crippen molar-refractivity contribution in [3.63, 3.8) is 0 Å². The van der Waals surface area contributed by atoms with E-state index in [-0.39, 0.29) is 12.1 Å². The Balaban J connectivity index is 1.28. The number of carbonyl (C=O) groups is 1. The quantitative estimate of drug-likeness (QED) is 0.154. The van der Waals surface area contributed by atoms with Crippen molar-refractivity contribution in [1.82, 2.24) is 9.97 Å². The van der Waals surface area contributed by atoms with E-state index in [0.29, 0.717) is 36.7 Å². The van der Waals surface area contributed by atoms with Crippen LogP contribution >= 0.6 is 0 Å². The van der Waals surface area contributed by atoms with Gasteiger partial charge in [-0.15, -0.1) is 0 Å². The second kappa shape index (κ2) is 16.4. The number of nitrogens with zero attached hydrogens (tertiary/aromatic N) is 2. The molecule has 1 heterocycles. The first-order chi connectivity index (χ1) is 20.4.